The van der Waals surface area contributed by atoms with Crippen molar-refractivity contribution in [1.29, 1.82) is 0 Å². The Balaban J connectivity index is 1.60. The zero-order chi connectivity index (χ0) is 14.2. The molecular weight excluding hydrogens is 258 g/mol. The number of carbonyl (C=O) groups excluding carboxylic acids is 2. The summed E-state index contributed by atoms with van der Waals surface area (Å²) >= 11 is 0. The van der Waals surface area contributed by atoms with Crippen LogP contribution in [0.2, 0.25) is 0 Å². The second-order valence-corrected chi connectivity index (χ2v) is 5.63. The molecule has 20 heavy (non-hydrogen) atoms. The molecule has 5 heteroatoms. The summed E-state index contributed by atoms with van der Waals surface area (Å²) in [5, 5.41) is 0. The van der Waals surface area contributed by atoms with Crippen molar-refractivity contribution in [3.63, 3.8) is 0 Å². The van der Waals surface area contributed by atoms with E-state index in [-0.39, 0.29) is 24.6 Å². The predicted octanol–water partition coefficient (Wildman–Crippen LogP) is 1.89. The summed E-state index contributed by atoms with van der Waals surface area (Å²) in [6.45, 7) is 2.29. The van der Waals surface area contributed by atoms with Gasteiger partial charge in [0, 0.05) is 26.1 Å². The van der Waals surface area contributed by atoms with Gasteiger partial charge in [0.2, 0.25) is 0 Å². The maximum Gasteiger partial charge on any atom is 0.306 e. The zero-order valence-electron chi connectivity index (χ0n) is 12.1. The van der Waals surface area contributed by atoms with Gasteiger partial charge < -0.3 is 14.4 Å². The molecular formula is C15H25NO4. The van der Waals surface area contributed by atoms with E-state index >= 15 is 0 Å². The molecule has 114 valence electrons. The summed E-state index contributed by atoms with van der Waals surface area (Å²) in [6, 6.07) is 0. The van der Waals surface area contributed by atoms with Gasteiger partial charge in [0.15, 0.2) is 6.61 Å². The Hall–Kier alpha value is -1.10. The van der Waals surface area contributed by atoms with Crippen molar-refractivity contribution in [3.05, 3.63) is 0 Å². The molecule has 1 atom stereocenters. The molecule has 0 aliphatic carbocycles. The predicted molar refractivity (Wildman–Crippen MR) is 74.2 cm³/mol. The van der Waals surface area contributed by atoms with Crippen LogP contribution < -0.4 is 0 Å². The summed E-state index contributed by atoms with van der Waals surface area (Å²) in [7, 11) is 0. The molecule has 0 spiro atoms. The van der Waals surface area contributed by atoms with Crippen LogP contribution in [0.4, 0.5) is 0 Å². The largest absolute Gasteiger partial charge is 0.456 e. The van der Waals surface area contributed by atoms with E-state index in [9.17, 15) is 9.59 Å². The number of ether oxygens (including phenoxy) is 2. The summed E-state index contributed by atoms with van der Waals surface area (Å²) in [6.07, 6.45) is 7.83. The van der Waals surface area contributed by atoms with Crippen molar-refractivity contribution < 1.29 is 19.1 Å². The minimum atomic E-state index is -0.288. The van der Waals surface area contributed by atoms with Crippen LogP contribution in [-0.4, -0.2) is 49.2 Å². The topological polar surface area (TPSA) is 55.8 Å². The maximum atomic E-state index is 11.9. The highest BCUT2D eigenvalue weighted by molar-refractivity contribution is 5.80. The smallest absolute Gasteiger partial charge is 0.306 e. The molecule has 0 bridgehead atoms. The Morgan fingerprint density at radius 1 is 1.10 bits per heavy atom. The third-order valence-electron chi connectivity index (χ3n) is 4.01. The monoisotopic (exact) mass is 283 g/mol. The fourth-order valence-electron chi connectivity index (χ4n) is 2.78. The molecule has 0 radical (unpaired) electrons. The quantitative estimate of drug-likeness (QED) is 0.723. The van der Waals surface area contributed by atoms with Crippen LogP contribution in [0.3, 0.4) is 0 Å². The molecule has 2 rings (SSSR count). The number of likely N-dealkylation sites (tertiary alicyclic amines) is 1. The van der Waals surface area contributed by atoms with Crippen LogP contribution in [0.1, 0.15) is 51.4 Å². The normalized spacial score (nSPS) is 23.4. The lowest BCUT2D eigenvalue weighted by Gasteiger charge is -2.20. The van der Waals surface area contributed by atoms with Crippen molar-refractivity contribution in [2.24, 2.45) is 0 Å². The molecule has 2 aliphatic rings. The van der Waals surface area contributed by atoms with Crippen LogP contribution in [0.5, 0.6) is 0 Å². The molecule has 1 amide bonds. The number of carbonyl (C=O) groups is 2. The standard InChI is InChI=1S/C15H25NO4/c17-14(16-9-3-1-2-4-10-16)12-20-15(18)8-7-13-6-5-11-19-13/h13H,1-12H2. The number of nitrogens with zero attached hydrogens (tertiary/aromatic N) is 1. The van der Waals surface area contributed by atoms with Crippen molar-refractivity contribution in [2.45, 2.75) is 57.5 Å². The van der Waals surface area contributed by atoms with E-state index in [1.165, 1.54) is 12.8 Å². The highest BCUT2D eigenvalue weighted by Gasteiger charge is 2.19. The third kappa shape index (κ3) is 5.12. The third-order valence-corrected chi connectivity index (χ3v) is 4.01. The molecule has 1 unspecified atom stereocenters. The summed E-state index contributed by atoms with van der Waals surface area (Å²) in [5.41, 5.74) is 0. The van der Waals surface area contributed by atoms with Gasteiger partial charge in [0.05, 0.1) is 6.10 Å². The average Bonchev–Trinajstić information content (AvgIpc) is 2.83. The van der Waals surface area contributed by atoms with Crippen LogP contribution >= 0.6 is 0 Å². The number of rotatable bonds is 5. The van der Waals surface area contributed by atoms with Crippen LogP contribution in [-0.2, 0) is 19.1 Å². The molecule has 0 aromatic rings. The van der Waals surface area contributed by atoms with E-state index < -0.39 is 0 Å². The number of hydrogen-bond acceptors (Lipinski definition) is 4. The molecule has 2 saturated heterocycles. The van der Waals surface area contributed by atoms with Gasteiger partial charge >= 0.3 is 5.97 Å². The number of hydrogen-bond donors (Lipinski definition) is 0. The van der Waals surface area contributed by atoms with Gasteiger partial charge in [-0.3, -0.25) is 9.59 Å². The van der Waals surface area contributed by atoms with E-state index in [4.69, 9.17) is 9.47 Å². The van der Waals surface area contributed by atoms with E-state index in [0.29, 0.717) is 12.8 Å². The molecule has 5 nitrogen and oxygen atoms in total. The summed E-state index contributed by atoms with van der Waals surface area (Å²) in [4.78, 5) is 25.4. The molecule has 2 heterocycles. The Morgan fingerprint density at radius 2 is 1.85 bits per heavy atom. The lowest BCUT2D eigenvalue weighted by Crippen LogP contribution is -2.35. The van der Waals surface area contributed by atoms with E-state index in [1.54, 1.807) is 0 Å². The first kappa shape index (κ1) is 15.3. The number of esters is 1. The van der Waals surface area contributed by atoms with E-state index in [0.717, 1.165) is 45.4 Å². The summed E-state index contributed by atoms with van der Waals surface area (Å²) in [5.74, 6) is -0.346. The van der Waals surface area contributed by atoms with Crippen molar-refractivity contribution in [2.75, 3.05) is 26.3 Å². The van der Waals surface area contributed by atoms with Crippen molar-refractivity contribution in [3.8, 4) is 0 Å². The van der Waals surface area contributed by atoms with Gasteiger partial charge in [-0.05, 0) is 32.1 Å². The fraction of sp³-hybridized carbons (Fsp3) is 0.867. The second kappa shape index (κ2) is 8.25. The SMILES string of the molecule is O=C(CCC1CCCO1)OCC(=O)N1CCCCCC1. The Kier molecular flexibility index (Phi) is 6.30. The molecule has 0 N–H and O–H groups in total. The Labute approximate surface area is 120 Å². The Morgan fingerprint density at radius 3 is 2.50 bits per heavy atom. The molecule has 2 aliphatic heterocycles. The average molecular weight is 283 g/mol. The number of amides is 1. The lowest BCUT2D eigenvalue weighted by atomic mass is 10.1. The Bertz CT molecular complexity index is 318. The minimum Gasteiger partial charge on any atom is -0.456 e. The van der Waals surface area contributed by atoms with Gasteiger partial charge in [-0.2, -0.15) is 0 Å². The van der Waals surface area contributed by atoms with Gasteiger partial charge in [0.1, 0.15) is 0 Å². The fourth-order valence-corrected chi connectivity index (χ4v) is 2.78. The first-order valence-electron chi connectivity index (χ1n) is 7.81. The van der Waals surface area contributed by atoms with E-state index in [1.807, 2.05) is 4.90 Å². The van der Waals surface area contributed by atoms with Gasteiger partial charge in [-0.25, -0.2) is 0 Å². The molecule has 2 fully saturated rings. The van der Waals surface area contributed by atoms with Crippen LogP contribution in [0, 0.1) is 0 Å². The molecule has 0 saturated carbocycles. The van der Waals surface area contributed by atoms with Gasteiger partial charge in [0.25, 0.3) is 5.91 Å². The lowest BCUT2D eigenvalue weighted by molar-refractivity contribution is -0.152. The van der Waals surface area contributed by atoms with E-state index in [2.05, 4.69) is 0 Å². The maximum absolute atomic E-state index is 11.9. The molecule has 0 aromatic heterocycles. The van der Waals surface area contributed by atoms with Gasteiger partial charge in [-0.15, -0.1) is 0 Å². The minimum absolute atomic E-state index is 0.0580. The first-order chi connectivity index (χ1) is 9.75. The van der Waals surface area contributed by atoms with Crippen molar-refractivity contribution in [1.82, 2.24) is 4.90 Å². The van der Waals surface area contributed by atoms with Crippen LogP contribution in [0.25, 0.3) is 0 Å². The van der Waals surface area contributed by atoms with Gasteiger partial charge in [-0.1, -0.05) is 12.8 Å². The van der Waals surface area contributed by atoms with Crippen molar-refractivity contribution >= 4 is 11.9 Å². The summed E-state index contributed by atoms with van der Waals surface area (Å²) < 4.78 is 10.5. The highest BCUT2D eigenvalue weighted by Crippen LogP contribution is 2.17. The highest BCUT2D eigenvalue weighted by atomic mass is 16.5. The first-order valence-corrected chi connectivity index (χ1v) is 7.81. The zero-order valence-corrected chi connectivity index (χ0v) is 12.1. The van der Waals surface area contributed by atoms with Crippen LogP contribution in [0.15, 0.2) is 0 Å². The molecule has 0 aromatic carbocycles. The second-order valence-electron chi connectivity index (χ2n) is 5.63.